The Hall–Kier alpha value is -1.74. The lowest BCUT2D eigenvalue weighted by Gasteiger charge is -2.02. The summed E-state index contributed by atoms with van der Waals surface area (Å²) >= 11 is 0. The first-order chi connectivity index (χ1) is 6.36. The van der Waals surface area contributed by atoms with Crippen LogP contribution in [0.3, 0.4) is 0 Å². The molecule has 0 saturated heterocycles. The van der Waals surface area contributed by atoms with Crippen molar-refractivity contribution in [3.05, 3.63) is 34.7 Å². The van der Waals surface area contributed by atoms with Gasteiger partial charge < -0.3 is 4.74 Å². The van der Waals surface area contributed by atoms with Crippen molar-refractivity contribution in [2.75, 3.05) is 13.3 Å². The molecular weight excluding hydrogens is 173 g/mol. The van der Waals surface area contributed by atoms with Crippen LogP contribution >= 0.6 is 0 Å². The average molecular weight is 181 g/mol. The summed E-state index contributed by atoms with van der Waals surface area (Å²) in [5, 5.41) is 3.38. The normalized spacial score (nSPS) is 9.00. The molecule has 5 heteroatoms. The van der Waals surface area contributed by atoms with E-state index in [1.165, 1.54) is 0 Å². The van der Waals surface area contributed by atoms with Gasteiger partial charge in [0.1, 0.15) is 19.0 Å². The molecule has 0 N–H and O–H groups in total. The van der Waals surface area contributed by atoms with E-state index in [0.717, 1.165) is 0 Å². The Morgan fingerprint density at radius 2 is 2.08 bits per heavy atom. The van der Waals surface area contributed by atoms with Gasteiger partial charge in [0, 0.05) is 10.6 Å². The zero-order valence-corrected chi connectivity index (χ0v) is 6.85. The van der Waals surface area contributed by atoms with E-state index in [9.17, 15) is 4.39 Å². The number of ether oxygens (including phenoxy) is 1. The molecule has 1 aromatic rings. The fraction of sp³-hybridized carbons (Fsp3) is 0.250. The van der Waals surface area contributed by atoms with E-state index < -0.39 is 6.67 Å². The number of hydrogen-bond donors (Lipinski definition) is 0. The van der Waals surface area contributed by atoms with Crippen LogP contribution in [0.25, 0.3) is 10.4 Å². The fourth-order valence-corrected chi connectivity index (χ4v) is 0.817. The molecule has 1 rings (SSSR count). The van der Waals surface area contributed by atoms with Gasteiger partial charge in [-0.1, -0.05) is 5.11 Å². The lowest BCUT2D eigenvalue weighted by Crippen LogP contribution is -1.97. The summed E-state index contributed by atoms with van der Waals surface area (Å²) in [6.07, 6.45) is 0. The minimum atomic E-state index is -0.516. The molecular formula is C8H8FN3O. The Morgan fingerprint density at radius 3 is 2.62 bits per heavy atom. The molecule has 0 atom stereocenters. The largest absolute Gasteiger partial charge is 0.491 e. The van der Waals surface area contributed by atoms with Gasteiger partial charge in [-0.3, -0.25) is 0 Å². The van der Waals surface area contributed by atoms with Gasteiger partial charge in [-0.05, 0) is 29.8 Å². The van der Waals surface area contributed by atoms with E-state index in [2.05, 4.69) is 10.0 Å². The summed E-state index contributed by atoms with van der Waals surface area (Å²) in [6, 6.07) is 6.46. The highest BCUT2D eigenvalue weighted by Gasteiger charge is 1.92. The van der Waals surface area contributed by atoms with Crippen molar-refractivity contribution >= 4 is 5.69 Å². The summed E-state index contributed by atoms with van der Waals surface area (Å²) in [5.74, 6) is 0.564. The second-order valence-corrected chi connectivity index (χ2v) is 2.22. The third-order valence-corrected chi connectivity index (χ3v) is 1.34. The standard InChI is InChI=1S/C8H8FN3O/c9-5-6-13-8-3-1-7(2-4-8)11-12-10/h1-4H,5-6H2. The van der Waals surface area contributed by atoms with Crippen LogP contribution in [-0.4, -0.2) is 13.3 Å². The molecule has 0 fully saturated rings. The van der Waals surface area contributed by atoms with Crippen molar-refractivity contribution in [3.8, 4) is 5.75 Å². The van der Waals surface area contributed by atoms with Gasteiger partial charge in [-0.15, -0.1) is 0 Å². The molecule has 0 saturated carbocycles. The molecule has 0 aliphatic carbocycles. The van der Waals surface area contributed by atoms with E-state index in [4.69, 9.17) is 10.3 Å². The van der Waals surface area contributed by atoms with Crippen molar-refractivity contribution in [1.29, 1.82) is 0 Å². The van der Waals surface area contributed by atoms with Gasteiger partial charge in [0.2, 0.25) is 0 Å². The van der Waals surface area contributed by atoms with E-state index >= 15 is 0 Å². The van der Waals surface area contributed by atoms with Crippen LogP contribution in [0.1, 0.15) is 0 Å². The molecule has 0 amide bonds. The molecule has 68 valence electrons. The van der Waals surface area contributed by atoms with E-state index in [0.29, 0.717) is 11.4 Å². The SMILES string of the molecule is [N-]=[N+]=Nc1ccc(OCCF)cc1. The summed E-state index contributed by atoms with van der Waals surface area (Å²) in [6.45, 7) is -0.473. The molecule has 0 radical (unpaired) electrons. The Bertz CT molecular complexity index is 306. The Labute approximate surface area is 74.6 Å². The number of rotatable bonds is 4. The van der Waals surface area contributed by atoms with Gasteiger partial charge in [0.25, 0.3) is 0 Å². The molecule has 1 aromatic carbocycles. The molecule has 0 aliphatic heterocycles. The van der Waals surface area contributed by atoms with Crippen LogP contribution in [0.15, 0.2) is 29.4 Å². The lowest BCUT2D eigenvalue weighted by molar-refractivity contribution is 0.273. The third-order valence-electron chi connectivity index (χ3n) is 1.34. The van der Waals surface area contributed by atoms with Crippen LogP contribution in [0, 0.1) is 0 Å². The van der Waals surface area contributed by atoms with E-state index in [-0.39, 0.29) is 6.61 Å². The topological polar surface area (TPSA) is 58.0 Å². The zero-order chi connectivity index (χ0) is 9.52. The maximum atomic E-state index is 11.7. The number of benzene rings is 1. The molecule has 4 nitrogen and oxygen atoms in total. The first kappa shape index (κ1) is 9.35. The maximum Gasteiger partial charge on any atom is 0.123 e. The molecule has 0 unspecified atom stereocenters. The summed E-state index contributed by atoms with van der Waals surface area (Å²) in [5.41, 5.74) is 8.62. The minimum Gasteiger partial charge on any atom is -0.491 e. The van der Waals surface area contributed by atoms with E-state index in [1.54, 1.807) is 24.3 Å². The lowest BCUT2D eigenvalue weighted by atomic mass is 10.3. The van der Waals surface area contributed by atoms with Crippen LogP contribution in [0.4, 0.5) is 10.1 Å². The highest BCUT2D eigenvalue weighted by atomic mass is 19.1. The van der Waals surface area contributed by atoms with Crippen LogP contribution in [-0.2, 0) is 0 Å². The van der Waals surface area contributed by atoms with Crippen LogP contribution < -0.4 is 4.74 Å². The molecule has 0 aliphatic rings. The first-order valence-corrected chi connectivity index (χ1v) is 3.71. The van der Waals surface area contributed by atoms with Gasteiger partial charge in [0.05, 0.1) is 0 Å². The number of halogens is 1. The van der Waals surface area contributed by atoms with Crippen LogP contribution in [0.2, 0.25) is 0 Å². The van der Waals surface area contributed by atoms with Crippen molar-refractivity contribution in [2.45, 2.75) is 0 Å². The smallest absolute Gasteiger partial charge is 0.123 e. The zero-order valence-electron chi connectivity index (χ0n) is 6.85. The number of azide groups is 1. The van der Waals surface area contributed by atoms with Gasteiger partial charge in [-0.25, -0.2) is 4.39 Å². The van der Waals surface area contributed by atoms with Crippen molar-refractivity contribution < 1.29 is 9.13 Å². The maximum absolute atomic E-state index is 11.7. The molecule has 0 aromatic heterocycles. The predicted molar refractivity (Wildman–Crippen MR) is 46.7 cm³/mol. The van der Waals surface area contributed by atoms with Gasteiger partial charge >= 0.3 is 0 Å². The Balaban J connectivity index is 2.63. The summed E-state index contributed by atoms with van der Waals surface area (Å²) in [7, 11) is 0. The number of alkyl halides is 1. The predicted octanol–water partition coefficient (Wildman–Crippen LogP) is 2.98. The highest BCUT2D eigenvalue weighted by Crippen LogP contribution is 2.17. The summed E-state index contributed by atoms with van der Waals surface area (Å²) < 4.78 is 16.7. The van der Waals surface area contributed by atoms with Crippen molar-refractivity contribution in [2.24, 2.45) is 5.11 Å². The van der Waals surface area contributed by atoms with Crippen molar-refractivity contribution in [3.63, 3.8) is 0 Å². The quantitative estimate of drug-likeness (QED) is 0.400. The minimum absolute atomic E-state index is 0.0425. The molecule has 0 heterocycles. The summed E-state index contributed by atoms with van der Waals surface area (Å²) in [4.78, 5) is 2.62. The van der Waals surface area contributed by atoms with Crippen molar-refractivity contribution in [1.82, 2.24) is 0 Å². The van der Waals surface area contributed by atoms with Gasteiger partial charge in [-0.2, -0.15) is 0 Å². The fourth-order valence-electron chi connectivity index (χ4n) is 0.817. The Kier molecular flexibility index (Phi) is 3.60. The molecule has 0 bridgehead atoms. The molecule has 13 heavy (non-hydrogen) atoms. The number of hydrogen-bond acceptors (Lipinski definition) is 2. The second-order valence-electron chi connectivity index (χ2n) is 2.22. The average Bonchev–Trinajstić information content (AvgIpc) is 2.17. The monoisotopic (exact) mass is 181 g/mol. The number of nitrogens with zero attached hydrogens (tertiary/aromatic N) is 3. The first-order valence-electron chi connectivity index (χ1n) is 3.71. The van der Waals surface area contributed by atoms with Gasteiger partial charge in [0.15, 0.2) is 0 Å². The highest BCUT2D eigenvalue weighted by molar-refractivity contribution is 5.40. The molecule has 0 spiro atoms. The van der Waals surface area contributed by atoms with E-state index in [1.807, 2.05) is 0 Å². The third kappa shape index (κ3) is 3.01. The van der Waals surface area contributed by atoms with Crippen LogP contribution in [0.5, 0.6) is 5.75 Å². The Morgan fingerprint density at radius 1 is 1.38 bits per heavy atom. The second kappa shape index (κ2) is 5.00.